The van der Waals surface area contributed by atoms with Gasteiger partial charge >= 0.3 is 11.9 Å². The van der Waals surface area contributed by atoms with Crippen LogP contribution >= 0.6 is 0 Å². The van der Waals surface area contributed by atoms with Gasteiger partial charge in [-0.25, -0.2) is 4.79 Å². The minimum atomic E-state index is -0.503. The molecule has 1 aromatic rings. The summed E-state index contributed by atoms with van der Waals surface area (Å²) in [5.74, 6) is -0.628. The van der Waals surface area contributed by atoms with E-state index in [1.807, 2.05) is 13.0 Å². The Bertz CT molecular complexity index is 1010. The fourth-order valence-electron chi connectivity index (χ4n) is 7.13. The third-order valence-electron chi connectivity index (χ3n) is 8.09. The van der Waals surface area contributed by atoms with E-state index in [1.54, 1.807) is 0 Å². The van der Waals surface area contributed by atoms with Crippen LogP contribution in [0.3, 0.4) is 0 Å². The summed E-state index contributed by atoms with van der Waals surface area (Å²) in [6.07, 6.45) is 1.08. The minimum Gasteiger partial charge on any atom is -0.466 e. The summed E-state index contributed by atoms with van der Waals surface area (Å²) in [6, 6.07) is 8.40. The second-order valence-electron chi connectivity index (χ2n) is 9.27. The van der Waals surface area contributed by atoms with E-state index in [0.29, 0.717) is 12.0 Å². The number of hydrogen-bond acceptors (Lipinski definition) is 7. The van der Waals surface area contributed by atoms with E-state index in [0.717, 1.165) is 30.9 Å². The van der Waals surface area contributed by atoms with Crippen molar-refractivity contribution < 1.29 is 23.8 Å². The number of nitrogens with one attached hydrogen (secondary N) is 1. The van der Waals surface area contributed by atoms with Crippen LogP contribution in [-0.4, -0.2) is 61.4 Å². The van der Waals surface area contributed by atoms with Crippen LogP contribution in [-0.2, 0) is 29.2 Å². The number of hydrogen-bond donors (Lipinski definition) is 1. The number of methoxy groups -OCH3 is 1. The van der Waals surface area contributed by atoms with Crippen molar-refractivity contribution in [3.63, 3.8) is 0 Å². The number of benzene rings is 1. The van der Waals surface area contributed by atoms with Crippen LogP contribution in [0, 0.1) is 5.41 Å². The Morgan fingerprint density at radius 3 is 2.90 bits per heavy atom. The van der Waals surface area contributed by atoms with E-state index in [9.17, 15) is 9.59 Å². The quantitative estimate of drug-likeness (QED) is 0.603. The zero-order chi connectivity index (χ0) is 20.8. The van der Waals surface area contributed by atoms with Gasteiger partial charge in [0.25, 0.3) is 0 Å². The molecule has 1 N–H and O–H groups in total. The fourth-order valence-corrected chi connectivity index (χ4v) is 7.13. The molecule has 7 nitrogen and oxygen atoms in total. The zero-order valence-electron chi connectivity index (χ0n) is 17.4. The summed E-state index contributed by atoms with van der Waals surface area (Å²) in [7, 11) is 1.43. The molecular weight excluding hydrogens is 384 g/mol. The highest BCUT2D eigenvalue weighted by Gasteiger charge is 2.76. The highest BCUT2D eigenvalue weighted by atomic mass is 16.6. The highest BCUT2D eigenvalue weighted by Crippen LogP contribution is 2.68. The van der Waals surface area contributed by atoms with Crippen LogP contribution in [0.1, 0.15) is 32.3 Å². The molecule has 0 unspecified atom stereocenters. The van der Waals surface area contributed by atoms with Gasteiger partial charge in [0.15, 0.2) is 0 Å². The first kappa shape index (κ1) is 18.4. The second kappa shape index (κ2) is 5.86. The lowest BCUT2D eigenvalue weighted by atomic mass is 9.52. The molecule has 0 saturated carbocycles. The van der Waals surface area contributed by atoms with E-state index < -0.39 is 5.41 Å². The lowest BCUT2D eigenvalue weighted by Gasteiger charge is -2.56. The van der Waals surface area contributed by atoms with Gasteiger partial charge in [-0.2, -0.15) is 0 Å². The average molecular weight is 410 g/mol. The van der Waals surface area contributed by atoms with Gasteiger partial charge in [0, 0.05) is 30.9 Å². The van der Waals surface area contributed by atoms with E-state index in [2.05, 4.69) is 28.4 Å². The maximum absolute atomic E-state index is 13.0. The third-order valence-corrected chi connectivity index (χ3v) is 8.09. The standard InChI is InChI=1S/C23H26N2O5/c1-12(29-13(2)26)23-10-14(20(27)28-3)18-22(15-6-4-5-7-16(15)24-18)8-9-25(21(22)23)11-17-19(23)30-17/h4-7,12,17,19,21,24H,8-11H2,1-3H3/t12-,17+,19+,21-,22+,23+/m1/s1. The van der Waals surface area contributed by atoms with Crippen molar-refractivity contribution in [2.24, 2.45) is 5.41 Å². The Morgan fingerprint density at radius 2 is 2.13 bits per heavy atom. The molecule has 3 saturated heterocycles. The summed E-state index contributed by atoms with van der Waals surface area (Å²) in [6.45, 7) is 5.21. The van der Waals surface area contributed by atoms with Crippen LogP contribution < -0.4 is 5.32 Å². The Morgan fingerprint density at radius 1 is 1.33 bits per heavy atom. The minimum absolute atomic E-state index is 0.0305. The van der Waals surface area contributed by atoms with Crippen LogP contribution in [0.25, 0.3) is 0 Å². The number of rotatable bonds is 3. The molecule has 6 rings (SSSR count). The van der Waals surface area contributed by atoms with Gasteiger partial charge in [0.05, 0.1) is 35.7 Å². The van der Waals surface area contributed by atoms with Crippen molar-refractivity contribution in [2.75, 3.05) is 25.5 Å². The molecular formula is C23H26N2O5. The Hall–Kier alpha value is -2.38. The van der Waals surface area contributed by atoms with Crippen molar-refractivity contribution in [1.82, 2.24) is 4.90 Å². The number of para-hydroxylation sites is 1. The number of fused-ring (bicyclic) bond motifs is 3. The Labute approximate surface area is 175 Å². The van der Waals surface area contributed by atoms with Crippen molar-refractivity contribution in [1.29, 1.82) is 0 Å². The molecule has 4 heterocycles. The van der Waals surface area contributed by atoms with Gasteiger partial charge in [-0.05, 0) is 37.9 Å². The van der Waals surface area contributed by atoms with Gasteiger partial charge < -0.3 is 19.5 Å². The van der Waals surface area contributed by atoms with E-state index in [4.69, 9.17) is 14.2 Å². The molecule has 7 heteroatoms. The smallest absolute Gasteiger partial charge is 0.335 e. The van der Waals surface area contributed by atoms with Crippen LogP contribution in [0.15, 0.2) is 35.5 Å². The first-order valence-electron chi connectivity index (χ1n) is 10.7. The van der Waals surface area contributed by atoms with Crippen molar-refractivity contribution in [2.45, 2.75) is 56.5 Å². The number of piperidine rings is 1. The van der Waals surface area contributed by atoms with Gasteiger partial charge in [-0.15, -0.1) is 0 Å². The molecule has 4 aliphatic heterocycles. The second-order valence-corrected chi connectivity index (χ2v) is 9.27. The molecule has 0 radical (unpaired) electrons. The molecule has 0 bridgehead atoms. The number of ether oxygens (including phenoxy) is 3. The van der Waals surface area contributed by atoms with Gasteiger partial charge in [-0.3, -0.25) is 9.69 Å². The molecule has 1 spiro atoms. The number of esters is 2. The number of carbonyl (C=O) groups excluding carboxylic acids is 2. The van der Waals surface area contributed by atoms with Crippen LogP contribution in [0.4, 0.5) is 5.69 Å². The monoisotopic (exact) mass is 410 g/mol. The number of nitrogens with zero attached hydrogens (tertiary/aromatic N) is 1. The lowest BCUT2D eigenvalue weighted by molar-refractivity contribution is -0.161. The largest absolute Gasteiger partial charge is 0.466 e. The molecule has 0 amide bonds. The van der Waals surface area contributed by atoms with Crippen molar-refractivity contribution >= 4 is 17.6 Å². The normalized spacial score (nSPS) is 38.6. The molecule has 0 aromatic heterocycles. The van der Waals surface area contributed by atoms with Gasteiger partial charge in [0.2, 0.25) is 0 Å². The zero-order valence-corrected chi connectivity index (χ0v) is 17.4. The fraction of sp³-hybridized carbons (Fsp3) is 0.565. The molecule has 6 atom stereocenters. The Kier molecular flexibility index (Phi) is 3.59. The summed E-state index contributed by atoms with van der Waals surface area (Å²) in [5.41, 5.74) is 3.02. The lowest BCUT2D eigenvalue weighted by Crippen LogP contribution is -2.67. The van der Waals surface area contributed by atoms with Crippen LogP contribution in [0.5, 0.6) is 0 Å². The average Bonchev–Trinajstić information content (AvgIpc) is 3.30. The third kappa shape index (κ3) is 2.02. The Balaban J connectivity index is 1.63. The van der Waals surface area contributed by atoms with E-state index in [1.165, 1.54) is 19.6 Å². The summed E-state index contributed by atoms with van der Waals surface area (Å²) >= 11 is 0. The summed E-state index contributed by atoms with van der Waals surface area (Å²) in [5, 5.41) is 3.58. The highest BCUT2D eigenvalue weighted by molar-refractivity contribution is 5.93. The van der Waals surface area contributed by atoms with E-state index >= 15 is 0 Å². The maximum atomic E-state index is 13.0. The van der Waals surface area contributed by atoms with E-state index in [-0.39, 0.29) is 41.7 Å². The van der Waals surface area contributed by atoms with Gasteiger partial charge in [0.1, 0.15) is 6.10 Å². The summed E-state index contributed by atoms with van der Waals surface area (Å²) < 4.78 is 17.2. The summed E-state index contributed by atoms with van der Waals surface area (Å²) in [4.78, 5) is 27.5. The first-order chi connectivity index (χ1) is 14.4. The molecule has 30 heavy (non-hydrogen) atoms. The van der Waals surface area contributed by atoms with Crippen LogP contribution in [0.2, 0.25) is 0 Å². The number of carbonyl (C=O) groups is 2. The topological polar surface area (TPSA) is 80.4 Å². The number of anilines is 1. The SMILES string of the molecule is COC(=O)C1=C2Nc3ccccc3[C@@]23CCN2C[C@@H]4O[C@@H]4[C@@]([C@@H](C)OC(C)=O)(C1)[C@H]23. The molecule has 3 fully saturated rings. The van der Waals surface area contributed by atoms with Crippen molar-refractivity contribution in [3.8, 4) is 0 Å². The maximum Gasteiger partial charge on any atom is 0.335 e. The predicted molar refractivity (Wildman–Crippen MR) is 108 cm³/mol. The van der Waals surface area contributed by atoms with Crippen molar-refractivity contribution in [3.05, 3.63) is 41.1 Å². The molecule has 158 valence electrons. The van der Waals surface area contributed by atoms with Gasteiger partial charge in [-0.1, -0.05) is 18.2 Å². The molecule has 5 aliphatic rings. The first-order valence-corrected chi connectivity index (χ1v) is 10.7. The predicted octanol–water partition coefficient (Wildman–Crippen LogP) is 1.97. The molecule has 1 aliphatic carbocycles. The molecule has 1 aromatic carbocycles. The number of epoxide rings is 1.